The van der Waals surface area contributed by atoms with Crippen molar-refractivity contribution in [2.75, 3.05) is 6.54 Å². The second kappa shape index (κ2) is 7.86. The summed E-state index contributed by atoms with van der Waals surface area (Å²) in [5.74, 6) is -0.105. The molecule has 4 nitrogen and oxygen atoms in total. The van der Waals surface area contributed by atoms with Crippen LogP contribution in [-0.2, 0) is 6.42 Å². The number of aromatic nitrogens is 2. The Morgan fingerprint density at radius 3 is 2.67 bits per heavy atom. The normalized spacial score (nSPS) is 10.9. The smallest absolute Gasteiger partial charge is 0.252 e. The predicted octanol–water partition coefficient (Wildman–Crippen LogP) is 4.98. The summed E-state index contributed by atoms with van der Waals surface area (Å²) in [7, 11) is 0. The van der Waals surface area contributed by atoms with Gasteiger partial charge in [-0.2, -0.15) is 0 Å². The van der Waals surface area contributed by atoms with Crippen molar-refractivity contribution in [3.8, 4) is 11.3 Å². The molecule has 0 unspecified atom stereocenters. The monoisotopic (exact) mass is 393 g/mol. The van der Waals surface area contributed by atoms with E-state index in [9.17, 15) is 4.79 Å². The molecule has 0 aliphatic rings. The minimum Gasteiger partial charge on any atom is -0.352 e. The second-order valence-electron chi connectivity index (χ2n) is 6.02. The molecule has 3 heterocycles. The third-order valence-corrected chi connectivity index (χ3v) is 5.51. The second-order valence-corrected chi connectivity index (χ2v) is 7.82. The first kappa shape index (κ1) is 17.6. The Hall–Kier alpha value is -2.76. The zero-order valence-electron chi connectivity index (χ0n) is 14.4. The fourth-order valence-corrected chi connectivity index (χ4v) is 4.00. The lowest BCUT2D eigenvalue weighted by Gasteiger charge is -2.10. The van der Waals surface area contributed by atoms with Gasteiger partial charge in [0.1, 0.15) is 0 Å². The molecule has 0 saturated heterocycles. The molecule has 0 atom stereocenters. The van der Waals surface area contributed by atoms with Gasteiger partial charge in [0.15, 0.2) is 0 Å². The van der Waals surface area contributed by atoms with Crippen molar-refractivity contribution in [3.05, 3.63) is 81.8 Å². The summed E-state index contributed by atoms with van der Waals surface area (Å²) < 4.78 is 0.762. The van der Waals surface area contributed by atoms with Gasteiger partial charge < -0.3 is 5.32 Å². The average Bonchev–Trinajstić information content (AvgIpc) is 3.12. The van der Waals surface area contributed by atoms with Crippen molar-refractivity contribution in [1.29, 1.82) is 0 Å². The third-order valence-electron chi connectivity index (χ3n) is 4.22. The van der Waals surface area contributed by atoms with Gasteiger partial charge in [0.2, 0.25) is 0 Å². The van der Waals surface area contributed by atoms with Crippen LogP contribution >= 0.6 is 22.9 Å². The van der Waals surface area contributed by atoms with Crippen molar-refractivity contribution in [2.24, 2.45) is 0 Å². The molecule has 0 spiro atoms. The molecule has 4 rings (SSSR count). The van der Waals surface area contributed by atoms with Crippen LogP contribution < -0.4 is 5.32 Å². The molecule has 1 aromatic carbocycles. The number of hydrogen-bond acceptors (Lipinski definition) is 4. The number of amides is 1. The van der Waals surface area contributed by atoms with E-state index in [-0.39, 0.29) is 5.91 Å². The minimum atomic E-state index is -0.105. The summed E-state index contributed by atoms with van der Waals surface area (Å²) >= 11 is 7.49. The quantitative estimate of drug-likeness (QED) is 0.520. The van der Waals surface area contributed by atoms with Crippen LogP contribution in [0.15, 0.2) is 67.0 Å². The van der Waals surface area contributed by atoms with E-state index in [1.54, 1.807) is 12.4 Å². The zero-order valence-corrected chi connectivity index (χ0v) is 15.9. The Labute approximate surface area is 165 Å². The van der Waals surface area contributed by atoms with Gasteiger partial charge >= 0.3 is 0 Å². The highest BCUT2D eigenvalue weighted by Crippen LogP contribution is 2.25. The van der Waals surface area contributed by atoms with Crippen LogP contribution in [0.25, 0.3) is 22.2 Å². The third kappa shape index (κ3) is 3.99. The molecule has 4 aromatic rings. The molecule has 0 saturated carbocycles. The van der Waals surface area contributed by atoms with E-state index in [1.807, 2.05) is 54.6 Å². The van der Waals surface area contributed by atoms with Gasteiger partial charge in [-0.15, -0.1) is 11.3 Å². The Morgan fingerprint density at radius 2 is 1.89 bits per heavy atom. The first-order valence-electron chi connectivity index (χ1n) is 8.53. The lowest BCUT2D eigenvalue weighted by atomic mass is 10.0. The number of halogens is 1. The molecule has 1 amide bonds. The Morgan fingerprint density at radius 1 is 1.07 bits per heavy atom. The molecule has 1 N–H and O–H groups in total. The topological polar surface area (TPSA) is 54.9 Å². The maximum absolute atomic E-state index is 12.9. The van der Waals surface area contributed by atoms with Crippen molar-refractivity contribution in [3.63, 3.8) is 0 Å². The molecular weight excluding hydrogens is 378 g/mol. The van der Waals surface area contributed by atoms with Crippen LogP contribution in [0.1, 0.15) is 15.2 Å². The van der Waals surface area contributed by atoms with E-state index in [0.717, 1.165) is 37.8 Å². The molecule has 3 aromatic heterocycles. The molecule has 0 aliphatic heterocycles. The number of para-hydroxylation sites is 1. The molecule has 134 valence electrons. The fourth-order valence-electron chi connectivity index (χ4n) is 2.91. The number of benzene rings is 1. The summed E-state index contributed by atoms with van der Waals surface area (Å²) in [5, 5.41) is 3.85. The van der Waals surface area contributed by atoms with Crippen molar-refractivity contribution in [1.82, 2.24) is 15.3 Å². The fraction of sp³-hybridized carbons (Fsp3) is 0.0952. The van der Waals surface area contributed by atoms with Gasteiger partial charge in [-0.05, 0) is 42.8 Å². The molecule has 0 aliphatic carbocycles. The number of carbonyl (C=O) groups is 1. The molecule has 0 bridgehead atoms. The number of fused-ring (bicyclic) bond motifs is 1. The van der Waals surface area contributed by atoms with Crippen molar-refractivity contribution >= 4 is 39.7 Å². The molecule has 0 fully saturated rings. The lowest BCUT2D eigenvalue weighted by molar-refractivity contribution is 0.0956. The van der Waals surface area contributed by atoms with Crippen LogP contribution in [0.5, 0.6) is 0 Å². The number of thiophene rings is 1. The Kier molecular flexibility index (Phi) is 5.14. The number of rotatable bonds is 5. The summed E-state index contributed by atoms with van der Waals surface area (Å²) in [6.45, 7) is 0.552. The Bertz CT molecular complexity index is 1090. The van der Waals surface area contributed by atoms with E-state index in [1.165, 1.54) is 11.3 Å². The van der Waals surface area contributed by atoms with Gasteiger partial charge in [0.05, 0.1) is 21.1 Å². The highest BCUT2D eigenvalue weighted by atomic mass is 35.5. The Balaban J connectivity index is 1.62. The summed E-state index contributed by atoms with van der Waals surface area (Å²) in [6, 6.07) is 17.2. The number of pyridine rings is 2. The maximum Gasteiger partial charge on any atom is 0.252 e. The van der Waals surface area contributed by atoms with E-state index in [2.05, 4.69) is 10.3 Å². The summed E-state index contributed by atoms with van der Waals surface area (Å²) in [5.41, 5.74) is 3.10. The van der Waals surface area contributed by atoms with Gasteiger partial charge in [-0.1, -0.05) is 29.8 Å². The van der Waals surface area contributed by atoms with E-state index in [4.69, 9.17) is 16.6 Å². The first-order valence-corrected chi connectivity index (χ1v) is 9.73. The number of hydrogen-bond donors (Lipinski definition) is 1. The SMILES string of the molecule is O=C(NCCc1ccc(Cl)s1)c1cc(-c2ccncc2)nc2ccccc12. The highest BCUT2D eigenvalue weighted by molar-refractivity contribution is 7.16. The molecular formula is C21H16ClN3OS. The van der Waals surface area contributed by atoms with Crippen LogP contribution in [0, 0.1) is 0 Å². The molecule has 0 radical (unpaired) electrons. The van der Waals surface area contributed by atoms with Crippen LogP contribution in [0.2, 0.25) is 4.34 Å². The van der Waals surface area contributed by atoms with Crippen LogP contribution in [0.3, 0.4) is 0 Å². The van der Waals surface area contributed by atoms with Crippen LogP contribution in [0.4, 0.5) is 0 Å². The van der Waals surface area contributed by atoms with Gasteiger partial charge in [0, 0.05) is 34.8 Å². The van der Waals surface area contributed by atoms with E-state index in [0.29, 0.717) is 12.1 Å². The van der Waals surface area contributed by atoms with Crippen LogP contribution in [-0.4, -0.2) is 22.4 Å². The number of nitrogens with one attached hydrogen (secondary N) is 1. The molecule has 6 heteroatoms. The number of carbonyl (C=O) groups excluding carboxylic acids is 1. The average molecular weight is 394 g/mol. The van der Waals surface area contributed by atoms with Crippen molar-refractivity contribution in [2.45, 2.75) is 6.42 Å². The summed E-state index contributed by atoms with van der Waals surface area (Å²) in [6.07, 6.45) is 4.19. The van der Waals surface area contributed by atoms with Crippen molar-refractivity contribution < 1.29 is 4.79 Å². The first-order chi connectivity index (χ1) is 13.2. The number of nitrogens with zero attached hydrogens (tertiary/aromatic N) is 2. The van der Waals surface area contributed by atoms with Gasteiger partial charge in [-0.25, -0.2) is 4.98 Å². The summed E-state index contributed by atoms with van der Waals surface area (Å²) in [4.78, 5) is 22.8. The largest absolute Gasteiger partial charge is 0.352 e. The predicted molar refractivity (Wildman–Crippen MR) is 110 cm³/mol. The maximum atomic E-state index is 12.9. The highest BCUT2D eigenvalue weighted by Gasteiger charge is 2.13. The zero-order chi connectivity index (χ0) is 18.6. The minimum absolute atomic E-state index is 0.105. The lowest BCUT2D eigenvalue weighted by Crippen LogP contribution is -2.25. The van der Waals surface area contributed by atoms with Gasteiger partial charge in [-0.3, -0.25) is 9.78 Å². The molecule has 27 heavy (non-hydrogen) atoms. The van der Waals surface area contributed by atoms with E-state index >= 15 is 0 Å². The standard InChI is InChI=1S/C21H16ClN3OS/c22-20-6-5-15(27-20)9-12-24-21(26)17-13-19(14-7-10-23-11-8-14)25-18-4-2-1-3-16(17)18/h1-8,10-11,13H,9,12H2,(H,24,26). The van der Waals surface area contributed by atoms with Gasteiger partial charge in [0.25, 0.3) is 5.91 Å². The van der Waals surface area contributed by atoms with E-state index < -0.39 is 0 Å².